The van der Waals surface area contributed by atoms with Crippen LogP contribution in [0.5, 0.6) is 5.75 Å². The van der Waals surface area contributed by atoms with Gasteiger partial charge in [-0.3, -0.25) is 4.57 Å². The third-order valence-corrected chi connectivity index (χ3v) is 4.48. The molecule has 1 atom stereocenters. The van der Waals surface area contributed by atoms with Crippen LogP contribution in [0.4, 0.5) is 11.6 Å². The first-order chi connectivity index (χ1) is 14.1. The minimum absolute atomic E-state index is 0.125. The number of aromatic nitrogens is 5. The summed E-state index contributed by atoms with van der Waals surface area (Å²) in [6.45, 7) is 1.93. The third-order valence-electron chi connectivity index (χ3n) is 4.48. The number of rotatable bonds is 5. The molecule has 4 rings (SSSR count). The molecule has 9 heteroatoms. The number of anilines is 2. The van der Waals surface area contributed by atoms with Gasteiger partial charge in [0.25, 0.3) is 0 Å². The summed E-state index contributed by atoms with van der Waals surface area (Å²) in [5.41, 5.74) is 8.32. The molecule has 144 valence electrons. The van der Waals surface area contributed by atoms with Crippen molar-refractivity contribution in [3.05, 3.63) is 60.3 Å². The normalized spacial score (nSPS) is 11.8. The van der Waals surface area contributed by atoms with E-state index >= 15 is 0 Å². The Kier molecular flexibility index (Phi) is 4.66. The van der Waals surface area contributed by atoms with Crippen molar-refractivity contribution in [3.8, 4) is 17.5 Å². The second-order valence-corrected chi connectivity index (χ2v) is 6.31. The van der Waals surface area contributed by atoms with E-state index in [1.54, 1.807) is 13.3 Å². The summed E-state index contributed by atoms with van der Waals surface area (Å²) in [5.74, 6) is 1.90. The monoisotopic (exact) mass is 386 g/mol. The van der Waals surface area contributed by atoms with Gasteiger partial charge in [-0.05, 0) is 31.2 Å². The minimum atomic E-state index is -0.309. The van der Waals surface area contributed by atoms with Crippen molar-refractivity contribution in [2.75, 3.05) is 18.2 Å². The average molecular weight is 386 g/mol. The summed E-state index contributed by atoms with van der Waals surface area (Å²) in [6.07, 6.45) is 3.04. The number of nitrogens with zero attached hydrogens (tertiary/aromatic N) is 6. The van der Waals surface area contributed by atoms with Gasteiger partial charge in [0.05, 0.1) is 18.8 Å². The van der Waals surface area contributed by atoms with Crippen LogP contribution in [0.3, 0.4) is 0 Å². The highest BCUT2D eigenvalue weighted by Gasteiger charge is 2.21. The maximum absolute atomic E-state index is 9.39. The Morgan fingerprint density at radius 1 is 1.21 bits per heavy atom. The lowest BCUT2D eigenvalue weighted by Crippen LogP contribution is -2.15. The molecule has 29 heavy (non-hydrogen) atoms. The van der Waals surface area contributed by atoms with Gasteiger partial charge in [-0.15, -0.1) is 0 Å². The molecule has 0 unspecified atom stereocenters. The summed E-state index contributed by atoms with van der Waals surface area (Å²) in [7, 11) is 1.62. The predicted octanol–water partition coefficient (Wildman–Crippen LogP) is 2.85. The number of ether oxygens (including phenoxy) is 1. The van der Waals surface area contributed by atoms with Gasteiger partial charge in [0.2, 0.25) is 0 Å². The highest BCUT2D eigenvalue weighted by atomic mass is 16.5. The molecule has 3 aromatic heterocycles. The van der Waals surface area contributed by atoms with E-state index in [1.807, 2.05) is 54.0 Å². The first-order valence-corrected chi connectivity index (χ1v) is 8.87. The molecule has 0 amide bonds. The number of fused-ring (bicyclic) bond motifs is 1. The molecule has 9 nitrogen and oxygen atoms in total. The van der Waals surface area contributed by atoms with Gasteiger partial charge < -0.3 is 15.8 Å². The van der Waals surface area contributed by atoms with Crippen molar-refractivity contribution in [2.24, 2.45) is 0 Å². The summed E-state index contributed by atoms with van der Waals surface area (Å²) in [4.78, 5) is 17.3. The predicted molar refractivity (Wildman–Crippen MR) is 109 cm³/mol. The Hall–Kier alpha value is -4.19. The van der Waals surface area contributed by atoms with Crippen LogP contribution in [0.1, 0.15) is 24.4 Å². The standard InChI is InChI=1S/C20H18N8O/c1-12(26-18-15(10-21)17(22)24-11-25-18)19-27-16-7-4-8-23-20(16)28(19)13-5-3-6-14(9-13)29-2/h3-9,11-12H,1-2H3,(H3,22,24,25,26)/t12-/m0/s1. The summed E-state index contributed by atoms with van der Waals surface area (Å²) < 4.78 is 7.32. The molecule has 0 bridgehead atoms. The van der Waals surface area contributed by atoms with Crippen LogP contribution in [0.15, 0.2) is 48.9 Å². The summed E-state index contributed by atoms with van der Waals surface area (Å²) in [5, 5.41) is 12.6. The van der Waals surface area contributed by atoms with Crippen molar-refractivity contribution in [1.82, 2.24) is 24.5 Å². The van der Waals surface area contributed by atoms with Gasteiger partial charge in [-0.2, -0.15) is 5.26 Å². The zero-order valence-electron chi connectivity index (χ0n) is 15.9. The fourth-order valence-corrected chi connectivity index (χ4v) is 3.11. The Labute approximate surface area is 166 Å². The van der Waals surface area contributed by atoms with Gasteiger partial charge in [0.1, 0.15) is 46.7 Å². The van der Waals surface area contributed by atoms with Crippen LogP contribution in [0.2, 0.25) is 0 Å². The molecule has 1 aromatic carbocycles. The quantitative estimate of drug-likeness (QED) is 0.536. The molecule has 4 aromatic rings. The zero-order valence-corrected chi connectivity index (χ0v) is 15.9. The van der Waals surface area contributed by atoms with E-state index in [0.29, 0.717) is 17.3 Å². The Balaban J connectivity index is 1.84. The zero-order chi connectivity index (χ0) is 20.4. The van der Waals surface area contributed by atoms with E-state index in [9.17, 15) is 5.26 Å². The van der Waals surface area contributed by atoms with Gasteiger partial charge in [-0.1, -0.05) is 6.07 Å². The third kappa shape index (κ3) is 3.27. The first-order valence-electron chi connectivity index (χ1n) is 8.87. The number of nitriles is 1. The number of nitrogen functional groups attached to an aromatic ring is 1. The molecule has 0 aliphatic heterocycles. The average Bonchev–Trinajstić information content (AvgIpc) is 3.14. The SMILES string of the molecule is COc1cccc(-n2c([C@H](C)Nc3ncnc(N)c3C#N)nc3cccnc32)c1. The van der Waals surface area contributed by atoms with Gasteiger partial charge in [0, 0.05) is 12.3 Å². The number of methoxy groups -OCH3 is 1. The van der Waals surface area contributed by atoms with E-state index in [4.69, 9.17) is 15.5 Å². The maximum Gasteiger partial charge on any atom is 0.164 e. The second-order valence-electron chi connectivity index (χ2n) is 6.31. The minimum Gasteiger partial charge on any atom is -0.497 e. The summed E-state index contributed by atoms with van der Waals surface area (Å²) >= 11 is 0. The lowest BCUT2D eigenvalue weighted by Gasteiger charge is -2.17. The van der Waals surface area contributed by atoms with Gasteiger partial charge in [-0.25, -0.2) is 19.9 Å². The van der Waals surface area contributed by atoms with Crippen molar-refractivity contribution < 1.29 is 4.74 Å². The van der Waals surface area contributed by atoms with Crippen molar-refractivity contribution in [3.63, 3.8) is 0 Å². The Bertz CT molecular complexity index is 1230. The highest BCUT2D eigenvalue weighted by molar-refractivity contribution is 5.74. The molecule has 0 saturated heterocycles. The maximum atomic E-state index is 9.39. The van der Waals surface area contributed by atoms with E-state index in [2.05, 4.69) is 20.3 Å². The molecule has 0 radical (unpaired) electrons. The smallest absolute Gasteiger partial charge is 0.164 e. The van der Waals surface area contributed by atoms with Gasteiger partial charge >= 0.3 is 0 Å². The first kappa shape index (κ1) is 18.2. The van der Waals surface area contributed by atoms with E-state index < -0.39 is 0 Å². The Morgan fingerprint density at radius 2 is 2.07 bits per heavy atom. The van der Waals surface area contributed by atoms with E-state index in [-0.39, 0.29) is 17.4 Å². The second kappa shape index (κ2) is 7.44. The number of nitrogens with one attached hydrogen (secondary N) is 1. The molecule has 0 aliphatic rings. The largest absolute Gasteiger partial charge is 0.497 e. The van der Waals surface area contributed by atoms with Gasteiger partial charge in [0.15, 0.2) is 5.65 Å². The molecular weight excluding hydrogens is 368 g/mol. The van der Waals surface area contributed by atoms with Crippen LogP contribution < -0.4 is 15.8 Å². The van der Waals surface area contributed by atoms with Crippen molar-refractivity contribution in [2.45, 2.75) is 13.0 Å². The molecule has 0 spiro atoms. The molecule has 0 aliphatic carbocycles. The lowest BCUT2D eigenvalue weighted by atomic mass is 10.2. The molecule has 3 heterocycles. The molecular formula is C20H18N8O. The molecule has 3 N–H and O–H groups in total. The number of hydrogen-bond donors (Lipinski definition) is 2. The summed E-state index contributed by atoms with van der Waals surface area (Å²) in [6, 6.07) is 13.1. The Morgan fingerprint density at radius 3 is 2.86 bits per heavy atom. The van der Waals surface area contributed by atoms with Crippen molar-refractivity contribution in [1.29, 1.82) is 5.26 Å². The van der Waals surface area contributed by atoms with Crippen LogP contribution in [-0.2, 0) is 0 Å². The van der Waals surface area contributed by atoms with Crippen LogP contribution in [-0.4, -0.2) is 31.6 Å². The van der Waals surface area contributed by atoms with Crippen molar-refractivity contribution >= 4 is 22.8 Å². The van der Waals surface area contributed by atoms with E-state index in [1.165, 1.54) is 6.33 Å². The lowest BCUT2D eigenvalue weighted by molar-refractivity contribution is 0.414. The van der Waals surface area contributed by atoms with Crippen LogP contribution >= 0.6 is 0 Å². The van der Waals surface area contributed by atoms with E-state index in [0.717, 1.165) is 17.0 Å². The number of benzene rings is 1. The number of imidazole rings is 1. The topological polar surface area (TPSA) is 128 Å². The number of nitrogens with two attached hydrogens (primary N) is 1. The molecule has 0 fully saturated rings. The number of pyridine rings is 1. The fourth-order valence-electron chi connectivity index (χ4n) is 3.11. The highest BCUT2D eigenvalue weighted by Crippen LogP contribution is 2.28. The van der Waals surface area contributed by atoms with Crippen LogP contribution in [0.25, 0.3) is 16.9 Å². The molecule has 0 saturated carbocycles. The fraction of sp³-hybridized carbons (Fsp3) is 0.150. The van der Waals surface area contributed by atoms with Crippen LogP contribution in [0, 0.1) is 11.3 Å². The number of hydrogen-bond acceptors (Lipinski definition) is 8.